The fourth-order valence-electron chi connectivity index (χ4n) is 2.17. The van der Waals surface area contributed by atoms with Crippen LogP contribution in [0.4, 0.5) is 11.9 Å². The lowest BCUT2D eigenvalue weighted by Gasteiger charge is -2.15. The molecule has 0 spiro atoms. The number of aromatic nitrogens is 5. The van der Waals surface area contributed by atoms with Crippen LogP contribution >= 0.6 is 27.7 Å². The summed E-state index contributed by atoms with van der Waals surface area (Å²) >= 11 is 5.03. The van der Waals surface area contributed by atoms with Gasteiger partial charge in [0.1, 0.15) is 5.82 Å². The number of benzene rings is 1. The average molecular weight is 420 g/mol. The summed E-state index contributed by atoms with van der Waals surface area (Å²) in [5.74, 6) is 1.40. The van der Waals surface area contributed by atoms with Gasteiger partial charge in [-0.2, -0.15) is 15.0 Å². The van der Waals surface area contributed by atoms with Crippen molar-refractivity contribution < 1.29 is 0 Å². The van der Waals surface area contributed by atoms with E-state index in [2.05, 4.69) is 35.9 Å². The lowest BCUT2D eigenvalue weighted by Crippen LogP contribution is -2.16. The fourth-order valence-corrected chi connectivity index (χ4v) is 3.36. The number of nitrogens with zero attached hydrogens (tertiary/aromatic N) is 6. The quantitative estimate of drug-likeness (QED) is 0.634. The maximum atomic E-state index is 5.82. The zero-order chi connectivity index (χ0) is 18.0. The molecule has 9 heteroatoms. The smallest absolute Gasteiger partial charge is 0.229 e. The van der Waals surface area contributed by atoms with E-state index in [0.717, 1.165) is 15.3 Å². The number of rotatable bonds is 5. The highest BCUT2D eigenvalue weighted by Crippen LogP contribution is 2.34. The Morgan fingerprint density at radius 3 is 2.56 bits per heavy atom. The Balaban J connectivity index is 1.86. The van der Waals surface area contributed by atoms with Gasteiger partial charge in [-0.1, -0.05) is 27.7 Å². The summed E-state index contributed by atoms with van der Waals surface area (Å²) in [5.41, 5.74) is 6.86. The van der Waals surface area contributed by atoms with Gasteiger partial charge in [0.2, 0.25) is 11.9 Å². The van der Waals surface area contributed by atoms with Crippen molar-refractivity contribution in [2.75, 3.05) is 24.7 Å². The second-order valence-corrected chi connectivity index (χ2v) is 7.79. The Labute approximate surface area is 158 Å². The molecule has 0 bridgehead atoms. The summed E-state index contributed by atoms with van der Waals surface area (Å²) in [4.78, 5) is 19.2. The molecule has 0 radical (unpaired) electrons. The van der Waals surface area contributed by atoms with E-state index in [0.29, 0.717) is 11.8 Å². The molecule has 0 fully saturated rings. The van der Waals surface area contributed by atoms with E-state index >= 15 is 0 Å². The highest BCUT2D eigenvalue weighted by atomic mass is 79.9. The van der Waals surface area contributed by atoms with Crippen molar-refractivity contribution in [1.29, 1.82) is 0 Å². The van der Waals surface area contributed by atoms with Crippen LogP contribution in [0.1, 0.15) is 18.0 Å². The van der Waals surface area contributed by atoms with Crippen LogP contribution in [0, 0.1) is 0 Å². The number of thioether (sulfide) groups is 1. The van der Waals surface area contributed by atoms with Crippen LogP contribution in [-0.2, 0) is 0 Å². The molecule has 3 aromatic rings. The van der Waals surface area contributed by atoms with E-state index in [1.54, 1.807) is 18.0 Å². The van der Waals surface area contributed by atoms with E-state index in [1.807, 2.05) is 60.9 Å². The Kier molecular flexibility index (Phi) is 5.24. The number of hydrogen-bond acceptors (Lipinski definition) is 7. The van der Waals surface area contributed by atoms with Crippen LogP contribution in [0.25, 0.3) is 5.69 Å². The molecule has 2 N–H and O–H groups in total. The summed E-state index contributed by atoms with van der Waals surface area (Å²) in [7, 11) is 3.74. The van der Waals surface area contributed by atoms with Crippen molar-refractivity contribution in [2.24, 2.45) is 0 Å². The molecule has 2 aromatic heterocycles. The summed E-state index contributed by atoms with van der Waals surface area (Å²) in [6, 6.07) is 8.07. The summed E-state index contributed by atoms with van der Waals surface area (Å²) in [5, 5.41) is 0.834. The van der Waals surface area contributed by atoms with Gasteiger partial charge in [-0.25, -0.2) is 4.98 Å². The summed E-state index contributed by atoms with van der Waals surface area (Å²) < 4.78 is 3.07. The number of nitrogen functional groups attached to an aromatic ring is 1. The number of nitrogens with two attached hydrogens (primary N) is 1. The van der Waals surface area contributed by atoms with Crippen molar-refractivity contribution >= 4 is 39.6 Å². The van der Waals surface area contributed by atoms with Crippen LogP contribution < -0.4 is 10.6 Å². The first-order valence-electron chi connectivity index (χ1n) is 7.59. The third-order valence-corrected chi connectivity index (χ3v) is 5.02. The van der Waals surface area contributed by atoms with E-state index < -0.39 is 0 Å². The second kappa shape index (κ2) is 7.40. The van der Waals surface area contributed by atoms with Crippen LogP contribution in [0.5, 0.6) is 0 Å². The first-order valence-corrected chi connectivity index (χ1v) is 9.26. The molecular weight excluding hydrogens is 402 g/mol. The Hall–Kier alpha value is -2.13. The lowest BCUT2D eigenvalue weighted by molar-refractivity contribution is 0.847. The van der Waals surface area contributed by atoms with Crippen molar-refractivity contribution in [3.05, 3.63) is 47.0 Å². The molecule has 3 rings (SSSR count). The largest absolute Gasteiger partial charge is 0.368 e. The van der Waals surface area contributed by atoms with Gasteiger partial charge in [-0.05, 0) is 31.2 Å². The minimum atomic E-state index is -0.0272. The standard InChI is InChI=1S/C16H18BrN7S/c1-10(13-20-14(18)22-15(21-13)23(2)3)25-16-19-8-9-24(16)12-6-4-11(17)5-7-12/h4-10H,1-3H3,(H2,18,20,21,22)/t10-/m1/s1. The molecule has 0 saturated heterocycles. The van der Waals surface area contributed by atoms with Gasteiger partial charge in [0.15, 0.2) is 5.16 Å². The van der Waals surface area contributed by atoms with Gasteiger partial charge >= 0.3 is 0 Å². The van der Waals surface area contributed by atoms with Crippen LogP contribution in [0.3, 0.4) is 0 Å². The lowest BCUT2D eigenvalue weighted by atomic mass is 10.3. The van der Waals surface area contributed by atoms with E-state index in [-0.39, 0.29) is 11.2 Å². The zero-order valence-electron chi connectivity index (χ0n) is 14.1. The third kappa shape index (κ3) is 4.10. The monoisotopic (exact) mass is 419 g/mol. The van der Waals surface area contributed by atoms with Crippen molar-refractivity contribution in [2.45, 2.75) is 17.3 Å². The highest BCUT2D eigenvalue weighted by Gasteiger charge is 2.17. The Morgan fingerprint density at radius 2 is 1.88 bits per heavy atom. The van der Waals surface area contributed by atoms with Crippen molar-refractivity contribution in [3.8, 4) is 5.69 Å². The van der Waals surface area contributed by atoms with E-state index in [9.17, 15) is 0 Å². The van der Waals surface area contributed by atoms with E-state index in [4.69, 9.17) is 5.73 Å². The number of hydrogen-bond donors (Lipinski definition) is 1. The number of imidazole rings is 1. The molecule has 0 aliphatic carbocycles. The molecule has 0 saturated carbocycles. The minimum absolute atomic E-state index is 0.0272. The Morgan fingerprint density at radius 1 is 1.16 bits per heavy atom. The topological polar surface area (TPSA) is 85.8 Å². The molecule has 1 atom stereocenters. The first-order chi connectivity index (χ1) is 11.9. The van der Waals surface area contributed by atoms with Gasteiger partial charge in [0.25, 0.3) is 0 Å². The van der Waals surface area contributed by atoms with Crippen LogP contribution in [0.15, 0.2) is 46.3 Å². The molecule has 0 unspecified atom stereocenters. The summed E-state index contributed by atoms with van der Waals surface area (Å²) in [6.45, 7) is 2.03. The van der Waals surface area contributed by atoms with Gasteiger partial charge < -0.3 is 10.6 Å². The highest BCUT2D eigenvalue weighted by molar-refractivity contribution is 9.10. The van der Waals surface area contributed by atoms with Gasteiger partial charge in [-0.3, -0.25) is 4.57 Å². The van der Waals surface area contributed by atoms with Gasteiger partial charge in [0.05, 0.1) is 5.25 Å². The molecular formula is C16H18BrN7S. The first kappa shape index (κ1) is 17.7. The SMILES string of the molecule is C[C@@H](Sc1nccn1-c1ccc(Br)cc1)c1nc(N)nc(N(C)C)n1. The predicted molar refractivity (Wildman–Crippen MR) is 104 cm³/mol. The van der Waals surface area contributed by atoms with Gasteiger partial charge in [0, 0.05) is 36.6 Å². The second-order valence-electron chi connectivity index (χ2n) is 5.56. The third-order valence-electron chi connectivity index (χ3n) is 3.42. The molecule has 0 amide bonds. The van der Waals surface area contributed by atoms with Gasteiger partial charge in [-0.15, -0.1) is 0 Å². The van der Waals surface area contributed by atoms with E-state index in [1.165, 1.54) is 0 Å². The fraction of sp³-hybridized carbons (Fsp3) is 0.250. The molecule has 130 valence electrons. The molecule has 1 aromatic carbocycles. The number of anilines is 2. The minimum Gasteiger partial charge on any atom is -0.368 e. The maximum Gasteiger partial charge on any atom is 0.229 e. The zero-order valence-corrected chi connectivity index (χ0v) is 16.5. The summed E-state index contributed by atoms with van der Waals surface area (Å²) in [6.07, 6.45) is 3.72. The van der Waals surface area contributed by atoms with Crippen LogP contribution in [-0.4, -0.2) is 38.6 Å². The average Bonchev–Trinajstić information content (AvgIpc) is 3.03. The molecule has 0 aliphatic rings. The predicted octanol–water partition coefficient (Wildman–Crippen LogP) is 3.32. The molecule has 0 aliphatic heterocycles. The molecule has 7 nitrogen and oxygen atoms in total. The molecule has 2 heterocycles. The maximum absolute atomic E-state index is 5.82. The van der Waals surface area contributed by atoms with Crippen molar-refractivity contribution in [1.82, 2.24) is 24.5 Å². The number of halogens is 1. The van der Waals surface area contributed by atoms with Crippen LogP contribution in [0.2, 0.25) is 0 Å². The normalized spacial score (nSPS) is 12.2. The Bertz CT molecular complexity index is 863. The molecule has 25 heavy (non-hydrogen) atoms. The van der Waals surface area contributed by atoms with Crippen molar-refractivity contribution in [3.63, 3.8) is 0 Å².